The lowest BCUT2D eigenvalue weighted by molar-refractivity contribution is 0.102. The van der Waals surface area contributed by atoms with Gasteiger partial charge in [0, 0.05) is 10.4 Å². The second kappa shape index (κ2) is 10.6. The molecule has 9 nitrogen and oxygen atoms in total. The summed E-state index contributed by atoms with van der Waals surface area (Å²) in [4.78, 5) is 14.0. The van der Waals surface area contributed by atoms with Crippen LogP contribution in [0.1, 0.15) is 42.5 Å². The molecule has 1 aromatic carbocycles. The van der Waals surface area contributed by atoms with Crippen molar-refractivity contribution < 1.29 is 22.8 Å². The molecule has 0 fully saturated rings. The molecule has 12 heteroatoms. The molecule has 2 aromatic heterocycles. The van der Waals surface area contributed by atoms with E-state index in [-0.39, 0.29) is 26.4 Å². The molecule has 3 rings (SSSR count). The molecular formula is C24H27ClN4O5S2. The summed E-state index contributed by atoms with van der Waals surface area (Å²) in [6, 6.07) is 3.51. The van der Waals surface area contributed by atoms with Crippen LogP contribution < -0.4 is 10.6 Å². The van der Waals surface area contributed by atoms with Crippen LogP contribution in [0.5, 0.6) is 0 Å². The van der Waals surface area contributed by atoms with Gasteiger partial charge in [0.2, 0.25) is 15.7 Å². The number of aliphatic hydroxyl groups is 1. The van der Waals surface area contributed by atoms with Crippen molar-refractivity contribution in [1.82, 2.24) is 5.16 Å². The Hall–Kier alpha value is -2.99. The van der Waals surface area contributed by atoms with Crippen LogP contribution in [-0.4, -0.2) is 42.3 Å². The van der Waals surface area contributed by atoms with Gasteiger partial charge < -0.3 is 25.7 Å². The Kier molecular flexibility index (Phi) is 8.09. The third-order valence-corrected chi connectivity index (χ3v) is 9.46. The van der Waals surface area contributed by atoms with Crippen molar-refractivity contribution in [2.45, 2.75) is 44.9 Å². The van der Waals surface area contributed by atoms with Gasteiger partial charge in [-0.3, -0.25) is 4.79 Å². The smallest absolute Gasteiger partial charge is 0.267 e. The van der Waals surface area contributed by atoms with Gasteiger partial charge in [-0.1, -0.05) is 35.5 Å². The minimum absolute atomic E-state index is 0.0147. The van der Waals surface area contributed by atoms with Crippen LogP contribution in [0.4, 0.5) is 11.6 Å². The maximum atomic E-state index is 13.7. The van der Waals surface area contributed by atoms with Crippen molar-refractivity contribution in [3.8, 4) is 0 Å². The Balaban J connectivity index is 2.07. The van der Waals surface area contributed by atoms with E-state index in [1.165, 1.54) is 6.08 Å². The first kappa shape index (κ1) is 27.6. The van der Waals surface area contributed by atoms with Gasteiger partial charge in [-0.15, -0.1) is 11.3 Å². The quantitative estimate of drug-likeness (QED) is 0.218. The van der Waals surface area contributed by atoms with Crippen molar-refractivity contribution in [2.24, 2.45) is 0 Å². The summed E-state index contributed by atoms with van der Waals surface area (Å²) in [5.41, 5.74) is 2.98. The molecule has 3 aromatic rings. The van der Waals surface area contributed by atoms with Gasteiger partial charge in [0.1, 0.15) is 15.6 Å². The molecule has 0 aliphatic carbocycles. The van der Waals surface area contributed by atoms with Crippen LogP contribution in [-0.2, 0) is 9.84 Å². The number of sulfone groups is 1. The van der Waals surface area contributed by atoms with E-state index in [0.29, 0.717) is 32.9 Å². The molecule has 1 atom stereocenters. The lowest BCUT2D eigenvalue weighted by Crippen LogP contribution is -2.29. The Labute approximate surface area is 218 Å². The number of aromatic nitrogens is 1. The predicted octanol–water partition coefficient (Wildman–Crippen LogP) is 4.94. The van der Waals surface area contributed by atoms with Gasteiger partial charge >= 0.3 is 0 Å². The summed E-state index contributed by atoms with van der Waals surface area (Å²) in [5, 5.41) is 25.6. The summed E-state index contributed by atoms with van der Waals surface area (Å²) >= 11 is 7.19. The first-order valence-electron chi connectivity index (χ1n) is 10.8. The number of halogens is 1. The Bertz CT molecular complexity index is 1470. The molecule has 1 unspecified atom stereocenters. The number of rotatable bonds is 9. The number of nitrogens with one attached hydrogen (secondary N) is 3. The standard InChI is InChI=1S/C24H27ClN4O5S2/c1-7-18(28-24-20(25)14(5)29-34-24)36(32,33)22-13(4)15(6)35-21(22)23(31)27-17-9-11(2)8-12(3)19(17)16(26)10-30/h7-9,18,26,28,30H,1,10H2,2-6H3,(H,27,31). The third-order valence-electron chi connectivity index (χ3n) is 5.62. The average Bonchev–Trinajstić information content (AvgIpc) is 3.29. The summed E-state index contributed by atoms with van der Waals surface area (Å²) in [6.07, 6.45) is 1.18. The zero-order valence-electron chi connectivity index (χ0n) is 20.4. The molecule has 0 aliphatic rings. The zero-order valence-corrected chi connectivity index (χ0v) is 22.8. The minimum Gasteiger partial charge on any atom is -0.390 e. The number of aliphatic hydroxyl groups excluding tert-OH is 1. The fourth-order valence-corrected chi connectivity index (χ4v) is 7.10. The molecule has 0 radical (unpaired) electrons. The molecule has 0 saturated heterocycles. The summed E-state index contributed by atoms with van der Waals surface area (Å²) in [7, 11) is -4.19. The maximum Gasteiger partial charge on any atom is 0.267 e. The number of thiophene rings is 1. The van der Waals surface area contributed by atoms with Crippen molar-refractivity contribution in [3.05, 3.63) is 67.5 Å². The highest BCUT2D eigenvalue weighted by Crippen LogP contribution is 2.36. The van der Waals surface area contributed by atoms with E-state index in [9.17, 15) is 18.3 Å². The monoisotopic (exact) mass is 550 g/mol. The fraction of sp³-hybridized carbons (Fsp3) is 0.292. The van der Waals surface area contributed by atoms with Crippen molar-refractivity contribution in [3.63, 3.8) is 0 Å². The number of anilines is 2. The topological polar surface area (TPSA) is 145 Å². The van der Waals surface area contributed by atoms with E-state index in [1.807, 2.05) is 13.0 Å². The number of hydrogen-bond acceptors (Lipinski definition) is 9. The summed E-state index contributed by atoms with van der Waals surface area (Å²) in [6.45, 7) is 11.7. The molecular weight excluding hydrogens is 524 g/mol. The SMILES string of the molecule is C=CC(Nc1onc(C)c1Cl)S(=O)(=O)c1c(C(=O)Nc2cc(C)cc(C)c2C(=N)CO)sc(C)c1C. The molecule has 36 heavy (non-hydrogen) atoms. The second-order valence-corrected chi connectivity index (χ2v) is 11.9. The summed E-state index contributed by atoms with van der Waals surface area (Å²) in [5.74, 6) is -0.677. The Morgan fingerprint density at radius 3 is 2.53 bits per heavy atom. The molecule has 0 bridgehead atoms. The zero-order chi connectivity index (χ0) is 26.9. The largest absolute Gasteiger partial charge is 0.390 e. The molecule has 2 heterocycles. The molecule has 0 aliphatic heterocycles. The van der Waals surface area contributed by atoms with Crippen molar-refractivity contribution >= 4 is 56.0 Å². The highest BCUT2D eigenvalue weighted by molar-refractivity contribution is 7.92. The Morgan fingerprint density at radius 1 is 1.31 bits per heavy atom. The highest BCUT2D eigenvalue weighted by Gasteiger charge is 2.35. The number of nitrogens with zero attached hydrogens (tertiary/aromatic N) is 1. The molecule has 192 valence electrons. The lowest BCUT2D eigenvalue weighted by atomic mass is 9.99. The lowest BCUT2D eigenvalue weighted by Gasteiger charge is -2.18. The van der Waals surface area contributed by atoms with E-state index < -0.39 is 27.7 Å². The van der Waals surface area contributed by atoms with Gasteiger partial charge in [0.15, 0.2) is 5.37 Å². The number of hydrogen-bond donors (Lipinski definition) is 4. The van der Waals surface area contributed by atoms with Crippen molar-refractivity contribution in [2.75, 3.05) is 17.2 Å². The fourth-order valence-electron chi connectivity index (χ4n) is 3.79. The second-order valence-electron chi connectivity index (χ2n) is 8.29. The van der Waals surface area contributed by atoms with E-state index >= 15 is 0 Å². The van der Waals surface area contributed by atoms with E-state index in [1.54, 1.807) is 33.8 Å². The Morgan fingerprint density at radius 2 is 1.97 bits per heavy atom. The number of benzene rings is 1. The van der Waals surface area contributed by atoms with Crippen LogP contribution in [0.25, 0.3) is 0 Å². The minimum atomic E-state index is -4.19. The molecule has 0 saturated carbocycles. The van der Waals surface area contributed by atoms with E-state index in [0.717, 1.165) is 16.9 Å². The van der Waals surface area contributed by atoms with E-state index in [2.05, 4.69) is 22.4 Å². The van der Waals surface area contributed by atoms with Gasteiger partial charge in [0.25, 0.3) is 5.91 Å². The number of carbonyl (C=O) groups is 1. The van der Waals surface area contributed by atoms with Gasteiger partial charge in [0.05, 0.1) is 22.9 Å². The van der Waals surface area contributed by atoms with Crippen LogP contribution >= 0.6 is 22.9 Å². The van der Waals surface area contributed by atoms with Crippen LogP contribution in [0.2, 0.25) is 5.02 Å². The van der Waals surface area contributed by atoms with Gasteiger partial charge in [-0.2, -0.15) is 0 Å². The van der Waals surface area contributed by atoms with E-state index in [4.69, 9.17) is 21.5 Å². The number of carbonyl (C=O) groups excluding carboxylic acids is 1. The third kappa shape index (κ3) is 5.10. The van der Waals surface area contributed by atoms with Crippen molar-refractivity contribution in [1.29, 1.82) is 5.41 Å². The first-order chi connectivity index (χ1) is 16.8. The predicted molar refractivity (Wildman–Crippen MR) is 143 cm³/mol. The maximum absolute atomic E-state index is 13.7. The molecule has 0 spiro atoms. The number of aryl methyl sites for hydroxylation is 4. The van der Waals surface area contributed by atoms with Crippen LogP contribution in [0, 0.1) is 40.0 Å². The first-order valence-corrected chi connectivity index (χ1v) is 13.5. The normalized spacial score (nSPS) is 12.3. The van der Waals surface area contributed by atoms with Gasteiger partial charge in [-0.25, -0.2) is 8.42 Å². The van der Waals surface area contributed by atoms with Gasteiger partial charge in [-0.05, 0) is 57.4 Å². The number of amides is 1. The van der Waals surface area contributed by atoms with Crippen LogP contribution in [0.3, 0.4) is 0 Å². The summed E-state index contributed by atoms with van der Waals surface area (Å²) < 4.78 is 32.6. The highest BCUT2D eigenvalue weighted by atomic mass is 35.5. The molecule has 4 N–H and O–H groups in total. The van der Waals surface area contributed by atoms with Crippen LogP contribution in [0.15, 0.2) is 34.2 Å². The average molecular weight is 551 g/mol. The molecule has 1 amide bonds.